The molecule has 0 bridgehead atoms. The number of unbranched alkanes of at least 4 members (excludes halogenated alkanes) is 4. The first kappa shape index (κ1) is 18.0. The maximum Gasteiger partial charge on any atom is 0.0278 e. The highest BCUT2D eigenvalue weighted by atomic mass is 15.2. The second kappa shape index (κ2) is 9.04. The summed E-state index contributed by atoms with van der Waals surface area (Å²) < 4.78 is 0. The number of nitrogens with zero attached hydrogens (tertiary/aromatic N) is 1. The molecule has 2 nitrogen and oxygen atoms in total. The van der Waals surface area contributed by atoms with Gasteiger partial charge in [0.1, 0.15) is 0 Å². The fourth-order valence-electron chi connectivity index (χ4n) is 3.32. The Balaban J connectivity index is 2.44. The summed E-state index contributed by atoms with van der Waals surface area (Å²) in [4.78, 5) is 2.78. The SMILES string of the molecule is CCCCCCCN1CC(C)(CC)NCC1CC(C)C. The Morgan fingerprint density at radius 3 is 2.45 bits per heavy atom. The first-order valence-electron chi connectivity index (χ1n) is 8.99. The van der Waals surface area contributed by atoms with Gasteiger partial charge in [-0.05, 0) is 38.6 Å². The van der Waals surface area contributed by atoms with Crippen molar-refractivity contribution < 1.29 is 0 Å². The summed E-state index contributed by atoms with van der Waals surface area (Å²) in [7, 11) is 0. The number of rotatable bonds is 9. The smallest absolute Gasteiger partial charge is 0.0278 e. The lowest BCUT2D eigenvalue weighted by Crippen LogP contribution is -2.62. The van der Waals surface area contributed by atoms with Gasteiger partial charge in [0.05, 0.1) is 0 Å². The minimum absolute atomic E-state index is 0.330. The summed E-state index contributed by atoms with van der Waals surface area (Å²) in [6.07, 6.45) is 9.53. The number of hydrogen-bond donors (Lipinski definition) is 1. The normalized spacial score (nSPS) is 28.2. The third kappa shape index (κ3) is 6.13. The maximum absolute atomic E-state index is 3.80. The average molecular weight is 283 g/mol. The molecule has 1 fully saturated rings. The molecule has 2 unspecified atom stereocenters. The van der Waals surface area contributed by atoms with Crippen LogP contribution in [0.1, 0.15) is 79.6 Å². The Hall–Kier alpha value is -0.0800. The molecule has 0 aromatic heterocycles. The van der Waals surface area contributed by atoms with Crippen LogP contribution in [0.4, 0.5) is 0 Å². The lowest BCUT2D eigenvalue weighted by atomic mass is 9.90. The molecule has 20 heavy (non-hydrogen) atoms. The average Bonchev–Trinajstić information content (AvgIpc) is 2.41. The van der Waals surface area contributed by atoms with E-state index in [1.807, 2.05) is 0 Å². The van der Waals surface area contributed by atoms with Gasteiger partial charge in [0.15, 0.2) is 0 Å². The van der Waals surface area contributed by atoms with Crippen molar-refractivity contribution in [3.05, 3.63) is 0 Å². The van der Waals surface area contributed by atoms with Crippen LogP contribution in [0, 0.1) is 5.92 Å². The van der Waals surface area contributed by atoms with Crippen molar-refractivity contribution in [3.8, 4) is 0 Å². The Kier molecular flexibility index (Phi) is 8.13. The Morgan fingerprint density at radius 1 is 1.15 bits per heavy atom. The lowest BCUT2D eigenvalue weighted by Gasteiger charge is -2.46. The third-order valence-electron chi connectivity index (χ3n) is 4.91. The summed E-state index contributed by atoms with van der Waals surface area (Å²) in [5.74, 6) is 0.801. The van der Waals surface area contributed by atoms with Gasteiger partial charge in [-0.25, -0.2) is 0 Å². The molecule has 1 saturated heterocycles. The third-order valence-corrected chi connectivity index (χ3v) is 4.91. The number of piperazine rings is 1. The van der Waals surface area contributed by atoms with Gasteiger partial charge in [0.2, 0.25) is 0 Å². The zero-order valence-corrected chi connectivity index (χ0v) is 14.7. The van der Waals surface area contributed by atoms with Gasteiger partial charge < -0.3 is 5.32 Å². The van der Waals surface area contributed by atoms with Crippen molar-refractivity contribution in [2.24, 2.45) is 5.92 Å². The van der Waals surface area contributed by atoms with Crippen LogP contribution in [0.25, 0.3) is 0 Å². The zero-order chi connectivity index (χ0) is 15.0. The van der Waals surface area contributed by atoms with E-state index in [-0.39, 0.29) is 0 Å². The molecule has 1 aliphatic rings. The lowest BCUT2D eigenvalue weighted by molar-refractivity contribution is 0.0713. The zero-order valence-electron chi connectivity index (χ0n) is 14.7. The van der Waals surface area contributed by atoms with Gasteiger partial charge >= 0.3 is 0 Å². The maximum atomic E-state index is 3.80. The molecule has 0 radical (unpaired) electrons. The van der Waals surface area contributed by atoms with E-state index in [0.29, 0.717) is 5.54 Å². The van der Waals surface area contributed by atoms with Gasteiger partial charge in [-0.3, -0.25) is 4.90 Å². The molecule has 2 atom stereocenters. The van der Waals surface area contributed by atoms with Gasteiger partial charge in [-0.1, -0.05) is 53.4 Å². The predicted molar refractivity (Wildman–Crippen MR) is 90.3 cm³/mol. The second-order valence-corrected chi connectivity index (χ2v) is 7.46. The Bertz CT molecular complexity index is 252. The van der Waals surface area contributed by atoms with Gasteiger partial charge in [-0.15, -0.1) is 0 Å². The largest absolute Gasteiger partial charge is 0.309 e. The molecule has 0 aromatic carbocycles. The van der Waals surface area contributed by atoms with Crippen LogP contribution in [0.2, 0.25) is 0 Å². The van der Waals surface area contributed by atoms with E-state index < -0.39 is 0 Å². The fraction of sp³-hybridized carbons (Fsp3) is 1.00. The van der Waals surface area contributed by atoms with Crippen molar-refractivity contribution in [3.63, 3.8) is 0 Å². The van der Waals surface area contributed by atoms with E-state index in [4.69, 9.17) is 0 Å². The van der Waals surface area contributed by atoms with Crippen LogP contribution in [-0.2, 0) is 0 Å². The highest BCUT2D eigenvalue weighted by molar-refractivity contribution is 4.94. The summed E-state index contributed by atoms with van der Waals surface area (Å²) in [5, 5.41) is 3.80. The van der Waals surface area contributed by atoms with E-state index in [0.717, 1.165) is 12.0 Å². The van der Waals surface area contributed by atoms with Crippen LogP contribution in [0.3, 0.4) is 0 Å². The van der Waals surface area contributed by atoms with Crippen LogP contribution >= 0.6 is 0 Å². The monoisotopic (exact) mass is 282 g/mol. The van der Waals surface area contributed by atoms with Crippen molar-refractivity contribution >= 4 is 0 Å². The Labute approximate surface area is 127 Å². The molecule has 1 heterocycles. The molecular weight excluding hydrogens is 244 g/mol. The quantitative estimate of drug-likeness (QED) is 0.629. The van der Waals surface area contributed by atoms with Crippen molar-refractivity contribution in [2.45, 2.75) is 91.1 Å². The van der Waals surface area contributed by atoms with Crippen LogP contribution in [-0.4, -0.2) is 36.1 Å². The van der Waals surface area contributed by atoms with Crippen LogP contribution in [0.15, 0.2) is 0 Å². The second-order valence-electron chi connectivity index (χ2n) is 7.46. The molecule has 120 valence electrons. The predicted octanol–water partition coefficient (Wildman–Crippen LogP) is 4.45. The molecule has 0 spiro atoms. The molecule has 1 rings (SSSR count). The minimum Gasteiger partial charge on any atom is -0.309 e. The summed E-state index contributed by atoms with van der Waals surface area (Å²) in [6, 6.07) is 0.751. The molecular formula is C18H38N2. The van der Waals surface area contributed by atoms with Crippen LogP contribution in [0.5, 0.6) is 0 Å². The van der Waals surface area contributed by atoms with E-state index in [1.165, 1.54) is 64.6 Å². The molecule has 0 amide bonds. The first-order valence-corrected chi connectivity index (χ1v) is 8.99. The van der Waals surface area contributed by atoms with E-state index in [2.05, 4.69) is 44.8 Å². The summed E-state index contributed by atoms with van der Waals surface area (Å²) in [6.45, 7) is 15.4. The van der Waals surface area contributed by atoms with Crippen molar-refractivity contribution in [1.29, 1.82) is 0 Å². The van der Waals surface area contributed by atoms with E-state index in [1.54, 1.807) is 0 Å². The van der Waals surface area contributed by atoms with E-state index in [9.17, 15) is 0 Å². The van der Waals surface area contributed by atoms with Crippen molar-refractivity contribution in [1.82, 2.24) is 10.2 Å². The topological polar surface area (TPSA) is 15.3 Å². The highest BCUT2D eigenvalue weighted by Crippen LogP contribution is 2.23. The molecule has 1 N–H and O–H groups in total. The molecule has 0 saturated carbocycles. The summed E-state index contributed by atoms with van der Waals surface area (Å²) in [5.41, 5.74) is 0.330. The summed E-state index contributed by atoms with van der Waals surface area (Å²) >= 11 is 0. The van der Waals surface area contributed by atoms with Gasteiger partial charge in [0.25, 0.3) is 0 Å². The Morgan fingerprint density at radius 2 is 1.85 bits per heavy atom. The molecule has 1 aliphatic heterocycles. The molecule has 0 aliphatic carbocycles. The standard InChI is InChI=1S/C18H38N2/c1-6-8-9-10-11-12-20-15-18(5,7-2)19-14-17(20)13-16(3)4/h16-17,19H,6-15H2,1-5H3. The number of hydrogen-bond acceptors (Lipinski definition) is 2. The molecule has 2 heteroatoms. The van der Waals surface area contributed by atoms with Crippen LogP contribution < -0.4 is 5.32 Å². The van der Waals surface area contributed by atoms with Crippen molar-refractivity contribution in [2.75, 3.05) is 19.6 Å². The minimum atomic E-state index is 0.330. The van der Waals surface area contributed by atoms with Gasteiger partial charge in [0, 0.05) is 24.7 Å². The van der Waals surface area contributed by atoms with E-state index >= 15 is 0 Å². The van der Waals surface area contributed by atoms with Gasteiger partial charge in [-0.2, -0.15) is 0 Å². The molecule has 0 aromatic rings. The fourth-order valence-corrected chi connectivity index (χ4v) is 3.32. The first-order chi connectivity index (χ1) is 9.50. The number of nitrogens with one attached hydrogen (secondary N) is 1. The highest BCUT2D eigenvalue weighted by Gasteiger charge is 2.34.